The van der Waals surface area contributed by atoms with Crippen molar-refractivity contribution < 1.29 is 14.3 Å². The van der Waals surface area contributed by atoms with Crippen molar-refractivity contribution in [3.63, 3.8) is 0 Å². The first kappa shape index (κ1) is 10.1. The Balaban J connectivity index is 2.16. The maximum atomic E-state index is 10.7. The van der Waals surface area contributed by atoms with E-state index in [0.29, 0.717) is 6.10 Å². The number of hydrogen-bond donors (Lipinski definition) is 0. The van der Waals surface area contributed by atoms with Crippen LogP contribution in [0.5, 0.6) is 0 Å². The molecule has 3 heteroatoms. The van der Waals surface area contributed by atoms with Gasteiger partial charge in [-0.15, -0.1) is 0 Å². The summed E-state index contributed by atoms with van der Waals surface area (Å²) in [6.45, 7) is 0. The van der Waals surface area contributed by atoms with Crippen molar-refractivity contribution in [2.75, 3.05) is 7.11 Å². The van der Waals surface area contributed by atoms with Gasteiger partial charge in [0.2, 0.25) is 0 Å². The van der Waals surface area contributed by atoms with E-state index in [9.17, 15) is 4.79 Å². The van der Waals surface area contributed by atoms with Gasteiger partial charge >= 0.3 is 5.97 Å². The van der Waals surface area contributed by atoms with E-state index in [0.717, 1.165) is 12.8 Å². The Bertz CT molecular complexity index is 181. The average Bonchev–Trinajstić information content (AvgIpc) is 2.19. The highest BCUT2D eigenvalue weighted by Crippen LogP contribution is 2.20. The second kappa shape index (κ2) is 5.62. The smallest absolute Gasteiger partial charge is 0.333 e. The van der Waals surface area contributed by atoms with E-state index < -0.39 is 0 Å². The van der Waals surface area contributed by atoms with E-state index in [2.05, 4.69) is 4.74 Å². The van der Waals surface area contributed by atoms with Crippen molar-refractivity contribution in [3.8, 4) is 0 Å². The van der Waals surface area contributed by atoms with Crippen molar-refractivity contribution in [2.45, 2.75) is 38.2 Å². The SMILES string of the molecule is COC(=O)/C=C/OC1CCCCC1. The fraction of sp³-hybridized carbons (Fsp3) is 0.700. The van der Waals surface area contributed by atoms with Crippen molar-refractivity contribution in [1.82, 2.24) is 0 Å². The standard InChI is InChI=1S/C10H16O3/c1-12-10(11)7-8-13-9-5-3-2-4-6-9/h7-9H,2-6H2,1H3/b8-7+. The van der Waals surface area contributed by atoms with E-state index in [1.54, 1.807) is 0 Å². The van der Waals surface area contributed by atoms with Crippen LogP contribution in [0.4, 0.5) is 0 Å². The molecule has 0 aromatic rings. The fourth-order valence-corrected chi connectivity index (χ4v) is 1.48. The number of rotatable bonds is 3. The Morgan fingerprint density at radius 1 is 1.31 bits per heavy atom. The summed E-state index contributed by atoms with van der Waals surface area (Å²) in [7, 11) is 1.35. The molecule has 0 amide bonds. The van der Waals surface area contributed by atoms with Gasteiger partial charge in [0.1, 0.15) is 0 Å². The van der Waals surface area contributed by atoms with Crippen LogP contribution in [-0.2, 0) is 14.3 Å². The highest BCUT2D eigenvalue weighted by atomic mass is 16.5. The molecule has 13 heavy (non-hydrogen) atoms. The third-order valence-electron chi connectivity index (χ3n) is 2.23. The molecule has 0 atom stereocenters. The number of esters is 1. The summed E-state index contributed by atoms with van der Waals surface area (Å²) in [5, 5.41) is 0. The van der Waals surface area contributed by atoms with Crippen LogP contribution in [-0.4, -0.2) is 19.2 Å². The molecular formula is C10H16O3. The van der Waals surface area contributed by atoms with Gasteiger partial charge in [-0.1, -0.05) is 6.42 Å². The maximum absolute atomic E-state index is 10.7. The Hall–Kier alpha value is -0.990. The molecule has 0 spiro atoms. The van der Waals surface area contributed by atoms with E-state index >= 15 is 0 Å². The molecule has 0 bridgehead atoms. The maximum Gasteiger partial charge on any atom is 0.333 e. The van der Waals surface area contributed by atoms with Crippen LogP contribution >= 0.6 is 0 Å². The zero-order valence-electron chi connectivity index (χ0n) is 7.99. The van der Waals surface area contributed by atoms with Crippen LogP contribution in [0.3, 0.4) is 0 Å². The molecule has 1 rings (SSSR count). The zero-order chi connectivity index (χ0) is 9.52. The average molecular weight is 184 g/mol. The van der Waals surface area contributed by atoms with E-state index in [1.165, 1.54) is 38.7 Å². The highest BCUT2D eigenvalue weighted by molar-refractivity contribution is 5.81. The predicted octanol–water partition coefficient (Wildman–Crippen LogP) is 2.02. The number of methoxy groups -OCH3 is 1. The molecule has 0 aliphatic heterocycles. The normalized spacial score (nSPS) is 18.8. The fourth-order valence-electron chi connectivity index (χ4n) is 1.48. The van der Waals surface area contributed by atoms with Gasteiger partial charge < -0.3 is 9.47 Å². The van der Waals surface area contributed by atoms with Gasteiger partial charge in [0.15, 0.2) is 0 Å². The van der Waals surface area contributed by atoms with Gasteiger partial charge in [-0.25, -0.2) is 4.79 Å². The number of ether oxygens (including phenoxy) is 2. The largest absolute Gasteiger partial charge is 0.498 e. The van der Waals surface area contributed by atoms with Crippen molar-refractivity contribution in [2.24, 2.45) is 0 Å². The summed E-state index contributed by atoms with van der Waals surface area (Å²) in [6.07, 6.45) is 9.04. The highest BCUT2D eigenvalue weighted by Gasteiger charge is 2.12. The Morgan fingerprint density at radius 3 is 2.62 bits per heavy atom. The number of hydrogen-bond acceptors (Lipinski definition) is 3. The van der Waals surface area contributed by atoms with Crippen molar-refractivity contribution in [1.29, 1.82) is 0 Å². The van der Waals surface area contributed by atoms with Crippen LogP contribution < -0.4 is 0 Å². The van der Waals surface area contributed by atoms with Gasteiger partial charge in [-0.2, -0.15) is 0 Å². The molecule has 0 aromatic carbocycles. The summed E-state index contributed by atoms with van der Waals surface area (Å²) in [5.74, 6) is -0.365. The minimum absolute atomic E-state index is 0.301. The second-order valence-corrected chi connectivity index (χ2v) is 3.22. The summed E-state index contributed by atoms with van der Waals surface area (Å²) >= 11 is 0. The van der Waals surface area contributed by atoms with Crippen LogP contribution in [0.2, 0.25) is 0 Å². The third kappa shape index (κ3) is 3.97. The van der Waals surface area contributed by atoms with E-state index in [1.807, 2.05) is 0 Å². The number of carbonyl (C=O) groups is 1. The van der Waals surface area contributed by atoms with Crippen molar-refractivity contribution >= 4 is 5.97 Å². The summed E-state index contributed by atoms with van der Waals surface area (Å²) < 4.78 is 9.81. The Morgan fingerprint density at radius 2 is 2.00 bits per heavy atom. The monoisotopic (exact) mass is 184 g/mol. The molecule has 0 N–H and O–H groups in total. The van der Waals surface area contributed by atoms with Gasteiger partial charge in [0.25, 0.3) is 0 Å². The lowest BCUT2D eigenvalue weighted by atomic mass is 9.98. The third-order valence-corrected chi connectivity index (χ3v) is 2.23. The molecular weight excluding hydrogens is 168 g/mol. The van der Waals surface area contributed by atoms with Crippen LogP contribution in [0, 0.1) is 0 Å². The second-order valence-electron chi connectivity index (χ2n) is 3.22. The minimum Gasteiger partial charge on any atom is -0.498 e. The first-order valence-corrected chi connectivity index (χ1v) is 4.73. The summed E-state index contributed by atoms with van der Waals surface area (Å²) in [5.41, 5.74) is 0. The molecule has 1 aliphatic carbocycles. The van der Waals surface area contributed by atoms with E-state index in [-0.39, 0.29) is 5.97 Å². The topological polar surface area (TPSA) is 35.5 Å². The minimum atomic E-state index is -0.365. The molecule has 0 aromatic heterocycles. The van der Waals surface area contributed by atoms with Gasteiger partial charge in [0.05, 0.1) is 25.6 Å². The predicted molar refractivity (Wildman–Crippen MR) is 49.1 cm³/mol. The van der Waals surface area contributed by atoms with Gasteiger partial charge in [-0.05, 0) is 25.7 Å². The van der Waals surface area contributed by atoms with Crippen molar-refractivity contribution in [3.05, 3.63) is 12.3 Å². The van der Waals surface area contributed by atoms with E-state index in [4.69, 9.17) is 4.74 Å². The first-order valence-electron chi connectivity index (χ1n) is 4.73. The lowest BCUT2D eigenvalue weighted by Crippen LogP contribution is -2.13. The molecule has 1 saturated carbocycles. The molecule has 0 radical (unpaired) electrons. The van der Waals surface area contributed by atoms with Crippen LogP contribution in [0.25, 0.3) is 0 Å². The quantitative estimate of drug-likeness (QED) is 0.382. The molecule has 0 saturated heterocycles. The summed E-state index contributed by atoms with van der Waals surface area (Å²) in [6, 6.07) is 0. The van der Waals surface area contributed by atoms with Crippen LogP contribution in [0.15, 0.2) is 12.3 Å². The molecule has 0 unspecified atom stereocenters. The zero-order valence-corrected chi connectivity index (χ0v) is 7.99. The first-order chi connectivity index (χ1) is 6.33. The molecule has 1 fully saturated rings. The molecule has 1 aliphatic rings. The molecule has 0 heterocycles. The molecule has 3 nitrogen and oxygen atoms in total. The number of carbonyl (C=O) groups excluding carboxylic acids is 1. The molecule has 74 valence electrons. The van der Waals surface area contributed by atoms with Gasteiger partial charge in [0, 0.05) is 0 Å². The van der Waals surface area contributed by atoms with Crippen LogP contribution in [0.1, 0.15) is 32.1 Å². The Labute approximate surface area is 78.7 Å². The lowest BCUT2D eigenvalue weighted by molar-refractivity contribution is -0.135. The lowest BCUT2D eigenvalue weighted by Gasteiger charge is -2.20. The summed E-state index contributed by atoms with van der Waals surface area (Å²) in [4.78, 5) is 10.7. The van der Waals surface area contributed by atoms with Gasteiger partial charge in [-0.3, -0.25) is 0 Å². The Kier molecular flexibility index (Phi) is 4.36.